The van der Waals surface area contributed by atoms with E-state index in [0.29, 0.717) is 5.25 Å². The monoisotopic (exact) mass is 251 g/mol. The molecule has 0 bridgehead atoms. The maximum absolute atomic E-state index is 11.9. The van der Waals surface area contributed by atoms with Gasteiger partial charge in [0.25, 0.3) is 0 Å². The molecule has 2 nitrogen and oxygen atoms in total. The standard InChI is InChI=1S/C14H21NOS/c1-11(2)17-13-9-7-6-8-12(13)10-15(16)14(3,4)5/h6-11H,1-5H3/b15-10-. The number of thioether (sulfide) groups is 1. The first-order valence-electron chi connectivity index (χ1n) is 5.87. The zero-order chi connectivity index (χ0) is 13.1. The highest BCUT2D eigenvalue weighted by Gasteiger charge is 2.18. The predicted molar refractivity (Wildman–Crippen MR) is 76.0 cm³/mol. The molecule has 1 aromatic carbocycles. The van der Waals surface area contributed by atoms with Gasteiger partial charge in [-0.2, -0.15) is 0 Å². The van der Waals surface area contributed by atoms with Gasteiger partial charge in [0.2, 0.25) is 0 Å². The van der Waals surface area contributed by atoms with E-state index in [1.54, 1.807) is 18.0 Å². The molecule has 0 saturated heterocycles. The highest BCUT2D eigenvalue weighted by Crippen LogP contribution is 2.25. The van der Waals surface area contributed by atoms with Crippen LogP contribution in [0.25, 0.3) is 0 Å². The van der Waals surface area contributed by atoms with Crippen LogP contribution < -0.4 is 0 Å². The first kappa shape index (κ1) is 14.1. The van der Waals surface area contributed by atoms with Crippen molar-refractivity contribution in [1.29, 1.82) is 0 Å². The first-order valence-corrected chi connectivity index (χ1v) is 6.75. The summed E-state index contributed by atoms with van der Waals surface area (Å²) in [5, 5.41) is 12.4. The second-order valence-electron chi connectivity index (χ2n) is 5.33. The highest BCUT2D eigenvalue weighted by atomic mass is 32.2. The van der Waals surface area contributed by atoms with Crippen molar-refractivity contribution in [3.05, 3.63) is 35.0 Å². The lowest BCUT2D eigenvalue weighted by molar-refractivity contribution is -0.530. The van der Waals surface area contributed by atoms with Crippen molar-refractivity contribution >= 4 is 18.0 Å². The third-order valence-electron chi connectivity index (χ3n) is 2.20. The van der Waals surface area contributed by atoms with Gasteiger partial charge in [0, 0.05) is 30.9 Å². The molecule has 0 spiro atoms. The minimum atomic E-state index is -0.393. The summed E-state index contributed by atoms with van der Waals surface area (Å²) in [6.07, 6.45) is 1.69. The number of benzene rings is 1. The van der Waals surface area contributed by atoms with E-state index in [0.717, 1.165) is 15.2 Å². The molecule has 1 rings (SSSR count). The molecule has 0 heterocycles. The van der Waals surface area contributed by atoms with Gasteiger partial charge in [0.05, 0.1) is 5.56 Å². The van der Waals surface area contributed by atoms with Crippen LogP contribution in [0.3, 0.4) is 0 Å². The summed E-state index contributed by atoms with van der Waals surface area (Å²) >= 11 is 1.78. The van der Waals surface area contributed by atoms with Gasteiger partial charge in [-0.05, 0) is 12.1 Å². The largest absolute Gasteiger partial charge is 0.623 e. The minimum Gasteiger partial charge on any atom is -0.623 e. The van der Waals surface area contributed by atoms with Crippen LogP contribution in [-0.2, 0) is 0 Å². The summed E-state index contributed by atoms with van der Waals surface area (Å²) < 4.78 is 1.02. The van der Waals surface area contributed by atoms with Crippen LogP contribution in [0.1, 0.15) is 40.2 Å². The van der Waals surface area contributed by atoms with Gasteiger partial charge >= 0.3 is 0 Å². The Morgan fingerprint density at radius 2 is 1.82 bits per heavy atom. The second kappa shape index (κ2) is 5.58. The Morgan fingerprint density at radius 3 is 2.35 bits per heavy atom. The molecule has 0 aliphatic rings. The van der Waals surface area contributed by atoms with Crippen molar-refractivity contribution in [2.24, 2.45) is 0 Å². The summed E-state index contributed by atoms with van der Waals surface area (Å²) in [6.45, 7) is 10.0. The van der Waals surface area contributed by atoms with Gasteiger partial charge in [-0.15, -0.1) is 11.8 Å². The summed E-state index contributed by atoms with van der Waals surface area (Å²) in [5.41, 5.74) is 0.603. The fraction of sp³-hybridized carbons (Fsp3) is 0.500. The molecule has 0 N–H and O–H groups in total. The number of hydroxylamine groups is 1. The maximum atomic E-state index is 11.9. The highest BCUT2D eigenvalue weighted by molar-refractivity contribution is 8.00. The molecule has 0 fully saturated rings. The Bertz CT molecular complexity index is 405. The number of hydrogen-bond acceptors (Lipinski definition) is 2. The van der Waals surface area contributed by atoms with E-state index in [2.05, 4.69) is 19.9 Å². The Kier molecular flexibility index (Phi) is 4.63. The minimum absolute atomic E-state index is 0.393. The van der Waals surface area contributed by atoms with Gasteiger partial charge < -0.3 is 5.21 Å². The van der Waals surface area contributed by atoms with Gasteiger partial charge in [0.15, 0.2) is 11.8 Å². The van der Waals surface area contributed by atoms with E-state index in [1.807, 2.05) is 39.0 Å². The third-order valence-corrected chi connectivity index (χ3v) is 3.30. The molecule has 0 saturated carbocycles. The Hall–Kier alpha value is -0.960. The number of hydrogen-bond donors (Lipinski definition) is 0. The van der Waals surface area contributed by atoms with Crippen molar-refractivity contribution in [1.82, 2.24) is 0 Å². The fourth-order valence-electron chi connectivity index (χ4n) is 1.27. The summed E-state index contributed by atoms with van der Waals surface area (Å²) in [6, 6.07) is 8.02. The van der Waals surface area contributed by atoms with Crippen molar-refractivity contribution in [2.45, 2.75) is 50.3 Å². The predicted octanol–water partition coefficient (Wildman–Crippen LogP) is 3.91. The third kappa shape index (κ3) is 4.43. The van der Waals surface area contributed by atoms with Crippen molar-refractivity contribution < 1.29 is 4.74 Å². The van der Waals surface area contributed by atoms with Crippen LogP contribution in [0.4, 0.5) is 0 Å². The molecule has 0 aliphatic carbocycles. The molecule has 0 radical (unpaired) electrons. The molecule has 0 aliphatic heterocycles. The van der Waals surface area contributed by atoms with E-state index in [9.17, 15) is 5.21 Å². The summed E-state index contributed by atoms with van der Waals surface area (Å²) in [5.74, 6) is 0. The van der Waals surface area contributed by atoms with Crippen LogP contribution >= 0.6 is 11.8 Å². The lowest BCUT2D eigenvalue weighted by Crippen LogP contribution is -2.29. The van der Waals surface area contributed by atoms with Crippen LogP contribution in [0.2, 0.25) is 0 Å². The van der Waals surface area contributed by atoms with E-state index < -0.39 is 5.54 Å². The van der Waals surface area contributed by atoms with E-state index in [4.69, 9.17) is 0 Å². The molecule has 0 unspecified atom stereocenters. The molecule has 0 amide bonds. The lowest BCUT2D eigenvalue weighted by Gasteiger charge is -2.19. The molecule has 17 heavy (non-hydrogen) atoms. The normalized spacial score (nSPS) is 13.2. The SMILES string of the molecule is CC(C)Sc1ccccc1/C=[N+](\[O-])C(C)(C)C. The molecule has 3 heteroatoms. The van der Waals surface area contributed by atoms with Crippen molar-refractivity contribution in [2.75, 3.05) is 0 Å². The topological polar surface area (TPSA) is 26.1 Å². The maximum Gasteiger partial charge on any atom is 0.183 e. The Labute approximate surface area is 108 Å². The van der Waals surface area contributed by atoms with Gasteiger partial charge in [-0.25, -0.2) is 4.74 Å². The van der Waals surface area contributed by atoms with Crippen LogP contribution in [-0.4, -0.2) is 21.7 Å². The second-order valence-corrected chi connectivity index (χ2v) is 6.95. The van der Waals surface area contributed by atoms with Gasteiger partial charge in [-0.3, -0.25) is 0 Å². The average molecular weight is 251 g/mol. The van der Waals surface area contributed by atoms with Gasteiger partial charge in [0.1, 0.15) is 0 Å². The van der Waals surface area contributed by atoms with Crippen molar-refractivity contribution in [3.8, 4) is 0 Å². The van der Waals surface area contributed by atoms with Crippen molar-refractivity contribution in [3.63, 3.8) is 0 Å². The molecule has 0 atom stereocenters. The molecular formula is C14H21NOS. The average Bonchev–Trinajstić information content (AvgIpc) is 2.18. The van der Waals surface area contributed by atoms with Crippen LogP contribution in [0.5, 0.6) is 0 Å². The van der Waals surface area contributed by atoms with Crippen LogP contribution in [0, 0.1) is 5.21 Å². The molecular weight excluding hydrogens is 230 g/mol. The Balaban J connectivity index is 3.06. The number of nitrogens with zero attached hydrogens (tertiary/aromatic N) is 1. The summed E-state index contributed by atoms with van der Waals surface area (Å²) in [4.78, 5) is 1.16. The molecule has 94 valence electrons. The zero-order valence-electron chi connectivity index (χ0n) is 11.2. The first-order chi connectivity index (χ1) is 7.80. The molecule has 0 aromatic heterocycles. The lowest BCUT2D eigenvalue weighted by atomic mass is 10.1. The zero-order valence-corrected chi connectivity index (χ0v) is 12.0. The fourth-order valence-corrected chi connectivity index (χ4v) is 2.19. The molecule has 1 aromatic rings. The van der Waals surface area contributed by atoms with Crippen LogP contribution in [0.15, 0.2) is 29.2 Å². The van der Waals surface area contributed by atoms with E-state index >= 15 is 0 Å². The number of rotatable bonds is 3. The Morgan fingerprint density at radius 1 is 1.24 bits per heavy atom. The summed E-state index contributed by atoms with van der Waals surface area (Å²) in [7, 11) is 0. The smallest absolute Gasteiger partial charge is 0.183 e. The van der Waals surface area contributed by atoms with Gasteiger partial charge in [-0.1, -0.05) is 26.0 Å². The quantitative estimate of drug-likeness (QED) is 0.267. The van der Waals surface area contributed by atoms with E-state index in [-0.39, 0.29) is 0 Å². The van der Waals surface area contributed by atoms with E-state index in [1.165, 1.54) is 0 Å².